The second-order valence-corrected chi connectivity index (χ2v) is 6.52. The Balaban J connectivity index is 2.10. The van der Waals surface area contributed by atoms with Crippen molar-refractivity contribution in [3.05, 3.63) is 29.8 Å². The molecular formula is C19H21N5O3. The molecule has 1 aliphatic heterocycles. The third kappa shape index (κ3) is 2.21. The lowest BCUT2D eigenvalue weighted by Gasteiger charge is -2.31. The zero-order chi connectivity index (χ0) is 19.9. The minimum atomic E-state index is -1.62. The summed E-state index contributed by atoms with van der Waals surface area (Å²) in [5, 5.41) is 22.8. The number of carbonyl (C=O) groups is 1. The van der Waals surface area contributed by atoms with E-state index < -0.39 is 22.7 Å². The van der Waals surface area contributed by atoms with Crippen LogP contribution in [0.15, 0.2) is 29.3 Å². The second kappa shape index (κ2) is 6.34. The van der Waals surface area contributed by atoms with Crippen LogP contribution in [0.4, 0.5) is 5.69 Å². The average molecular weight is 367 g/mol. The van der Waals surface area contributed by atoms with Gasteiger partial charge in [-0.05, 0) is 31.5 Å². The van der Waals surface area contributed by atoms with Gasteiger partial charge >= 0.3 is 0 Å². The summed E-state index contributed by atoms with van der Waals surface area (Å²) in [7, 11) is 0. The van der Waals surface area contributed by atoms with Crippen LogP contribution in [0, 0.1) is 33.5 Å². The van der Waals surface area contributed by atoms with Crippen molar-refractivity contribution >= 4 is 17.4 Å². The Kier molecular flexibility index (Phi) is 4.43. The number of rotatable bonds is 6. The summed E-state index contributed by atoms with van der Waals surface area (Å²) in [4.78, 5) is 15.5. The number of nitrogens with two attached hydrogens (primary N) is 1. The molecule has 8 heteroatoms. The van der Waals surface area contributed by atoms with Crippen molar-refractivity contribution in [3.8, 4) is 12.1 Å². The summed E-state index contributed by atoms with van der Waals surface area (Å²) in [5.41, 5.74) is 4.81. The molecule has 0 bridgehead atoms. The fraction of sp³-hybridized carbons (Fsp3) is 0.474. The number of nitriles is 2. The van der Waals surface area contributed by atoms with Crippen molar-refractivity contribution in [2.24, 2.45) is 21.6 Å². The molecule has 0 spiro atoms. The van der Waals surface area contributed by atoms with E-state index in [0.717, 1.165) is 5.56 Å². The van der Waals surface area contributed by atoms with E-state index in [1.165, 1.54) is 6.92 Å². The SMILES string of the molecule is CCOC1(OCC)N=C(N)[C@@]2(C#N)[C@H](c3ccc(NC(C)=O)cc3)[C@]12C#N. The molecule has 2 aliphatic rings. The van der Waals surface area contributed by atoms with Gasteiger partial charge in [-0.25, -0.2) is 4.99 Å². The number of nitrogens with one attached hydrogen (secondary N) is 1. The maximum absolute atomic E-state index is 11.2. The minimum Gasteiger partial charge on any atom is -0.386 e. The van der Waals surface area contributed by atoms with Crippen molar-refractivity contribution in [2.45, 2.75) is 32.6 Å². The van der Waals surface area contributed by atoms with Crippen LogP contribution < -0.4 is 11.1 Å². The van der Waals surface area contributed by atoms with Gasteiger partial charge in [0.25, 0.3) is 5.91 Å². The number of amides is 1. The van der Waals surface area contributed by atoms with Crippen molar-refractivity contribution in [1.82, 2.24) is 0 Å². The second-order valence-electron chi connectivity index (χ2n) is 6.52. The van der Waals surface area contributed by atoms with Crippen LogP contribution in [-0.4, -0.2) is 30.9 Å². The maximum atomic E-state index is 11.2. The van der Waals surface area contributed by atoms with Crippen molar-refractivity contribution in [3.63, 3.8) is 0 Å². The number of ether oxygens (including phenoxy) is 2. The van der Waals surface area contributed by atoms with E-state index in [1.54, 1.807) is 38.1 Å². The summed E-state index contributed by atoms with van der Waals surface area (Å²) in [5.74, 6) is -2.31. The van der Waals surface area contributed by atoms with Crippen LogP contribution in [0.25, 0.3) is 0 Å². The summed E-state index contributed by atoms with van der Waals surface area (Å²) in [6.45, 7) is 5.45. The van der Waals surface area contributed by atoms with Crippen LogP contribution >= 0.6 is 0 Å². The normalized spacial score (nSPS) is 29.8. The number of carbonyl (C=O) groups excluding carboxylic acids is 1. The van der Waals surface area contributed by atoms with Crippen LogP contribution in [-0.2, 0) is 14.3 Å². The molecule has 1 aliphatic carbocycles. The highest BCUT2D eigenvalue weighted by Gasteiger charge is 2.93. The van der Waals surface area contributed by atoms with E-state index in [1.807, 2.05) is 0 Å². The molecule has 3 N–H and O–H groups in total. The minimum absolute atomic E-state index is 0.0457. The first-order chi connectivity index (χ1) is 12.9. The lowest BCUT2D eigenvalue weighted by molar-refractivity contribution is -0.255. The Bertz CT molecular complexity index is 876. The molecule has 3 atom stereocenters. The molecule has 140 valence electrons. The number of nitrogens with zero attached hydrogens (tertiary/aromatic N) is 3. The number of fused-ring (bicyclic) bond motifs is 1. The van der Waals surface area contributed by atoms with E-state index in [0.29, 0.717) is 5.69 Å². The number of amidine groups is 1. The highest BCUT2D eigenvalue weighted by Crippen LogP contribution is 2.81. The molecule has 3 rings (SSSR count). The van der Waals surface area contributed by atoms with Crippen LogP contribution in [0.2, 0.25) is 0 Å². The quantitative estimate of drug-likeness (QED) is 0.737. The lowest BCUT2D eigenvalue weighted by Crippen LogP contribution is -2.43. The monoisotopic (exact) mass is 367 g/mol. The highest BCUT2D eigenvalue weighted by atomic mass is 16.7. The topological polar surface area (TPSA) is 134 Å². The summed E-state index contributed by atoms with van der Waals surface area (Å²) < 4.78 is 11.6. The van der Waals surface area contributed by atoms with E-state index >= 15 is 0 Å². The van der Waals surface area contributed by atoms with Gasteiger partial charge in [-0.3, -0.25) is 4.79 Å². The third-order valence-electron chi connectivity index (χ3n) is 5.17. The van der Waals surface area contributed by atoms with Gasteiger partial charge in [-0.2, -0.15) is 10.5 Å². The first-order valence-electron chi connectivity index (χ1n) is 8.72. The largest absolute Gasteiger partial charge is 0.386 e. The predicted octanol–water partition coefficient (Wildman–Crippen LogP) is 1.86. The number of hydrogen-bond acceptors (Lipinski definition) is 7. The fourth-order valence-electron chi connectivity index (χ4n) is 4.21. The van der Waals surface area contributed by atoms with Gasteiger partial charge in [-0.15, -0.1) is 0 Å². The van der Waals surface area contributed by atoms with Gasteiger partial charge in [0.05, 0.1) is 12.1 Å². The molecule has 1 fully saturated rings. The fourth-order valence-corrected chi connectivity index (χ4v) is 4.21. The van der Waals surface area contributed by atoms with Crippen LogP contribution in [0.5, 0.6) is 0 Å². The molecule has 0 radical (unpaired) electrons. The van der Waals surface area contributed by atoms with Gasteiger partial charge in [0.1, 0.15) is 11.3 Å². The van der Waals surface area contributed by atoms with Crippen LogP contribution in [0.3, 0.4) is 0 Å². The standard InChI is InChI=1S/C19H21N5O3/c1-4-26-19(27-5-2)18(11-21)15(17(18,10-20)16(22)24-19)13-6-8-14(9-7-13)23-12(3)25/h6-9,15H,4-5H2,1-3H3,(H2,22,24)(H,23,25)/t15-,17+,18-/m0/s1. The molecule has 0 aromatic heterocycles. The molecular weight excluding hydrogens is 346 g/mol. The number of hydrogen-bond donors (Lipinski definition) is 2. The van der Waals surface area contributed by atoms with Crippen molar-refractivity contribution in [1.29, 1.82) is 10.5 Å². The van der Waals surface area contributed by atoms with E-state index in [-0.39, 0.29) is 25.0 Å². The Labute approximate surface area is 157 Å². The van der Waals surface area contributed by atoms with Gasteiger partial charge in [0.15, 0.2) is 5.41 Å². The van der Waals surface area contributed by atoms with Crippen LogP contribution in [0.1, 0.15) is 32.3 Å². The maximum Gasteiger partial charge on any atom is 0.293 e. The Morgan fingerprint density at radius 2 is 1.81 bits per heavy atom. The number of benzene rings is 1. The smallest absolute Gasteiger partial charge is 0.293 e. The highest BCUT2D eigenvalue weighted by molar-refractivity contribution is 6.00. The molecule has 1 aromatic carbocycles. The van der Waals surface area contributed by atoms with E-state index in [4.69, 9.17) is 15.2 Å². The molecule has 8 nitrogen and oxygen atoms in total. The summed E-state index contributed by atoms with van der Waals surface area (Å²) >= 11 is 0. The van der Waals surface area contributed by atoms with E-state index in [2.05, 4.69) is 22.4 Å². The third-order valence-corrected chi connectivity index (χ3v) is 5.17. The van der Waals surface area contributed by atoms with Crippen molar-refractivity contribution in [2.75, 3.05) is 18.5 Å². The van der Waals surface area contributed by atoms with Crippen molar-refractivity contribution < 1.29 is 14.3 Å². The predicted molar refractivity (Wildman–Crippen MR) is 97.2 cm³/mol. The molecule has 1 heterocycles. The zero-order valence-electron chi connectivity index (χ0n) is 15.4. The molecule has 0 unspecified atom stereocenters. The van der Waals surface area contributed by atoms with Gasteiger partial charge in [0.2, 0.25) is 5.91 Å². The molecule has 1 amide bonds. The van der Waals surface area contributed by atoms with Gasteiger partial charge in [-0.1, -0.05) is 12.1 Å². The Morgan fingerprint density at radius 1 is 1.22 bits per heavy atom. The summed E-state index contributed by atoms with van der Waals surface area (Å²) in [6, 6.07) is 11.4. The average Bonchev–Trinajstić information content (AvgIpc) is 3.21. The van der Waals surface area contributed by atoms with Gasteiger partial charge in [0, 0.05) is 31.7 Å². The molecule has 1 aromatic rings. The molecule has 0 saturated heterocycles. The number of anilines is 1. The number of aliphatic imine (C=N–C) groups is 1. The molecule has 27 heavy (non-hydrogen) atoms. The Morgan fingerprint density at radius 3 is 2.26 bits per heavy atom. The van der Waals surface area contributed by atoms with Gasteiger partial charge < -0.3 is 20.5 Å². The Hall–Kier alpha value is -2.94. The molecule has 1 saturated carbocycles. The first kappa shape index (κ1) is 18.8. The zero-order valence-corrected chi connectivity index (χ0v) is 15.4. The lowest BCUT2D eigenvalue weighted by atomic mass is 9.93. The van der Waals surface area contributed by atoms with E-state index in [9.17, 15) is 15.3 Å². The summed E-state index contributed by atoms with van der Waals surface area (Å²) in [6.07, 6.45) is 0. The first-order valence-corrected chi connectivity index (χ1v) is 8.72.